The molecule has 3 aromatic rings. The molecule has 174 valence electrons. The van der Waals surface area contributed by atoms with Gasteiger partial charge < -0.3 is 15.1 Å². The average Bonchev–Trinajstić information content (AvgIpc) is 3.20. The molecule has 0 unspecified atom stereocenters. The molecule has 33 heavy (non-hydrogen) atoms. The summed E-state index contributed by atoms with van der Waals surface area (Å²) in [6.07, 6.45) is 0.639. The van der Waals surface area contributed by atoms with E-state index in [1.807, 2.05) is 25.3 Å². The number of para-hydroxylation sites is 1. The molecular weight excluding hydrogens is 444 g/mol. The number of nitrogens with zero attached hydrogens (tertiary/aromatic N) is 2. The summed E-state index contributed by atoms with van der Waals surface area (Å²) in [7, 11) is 0. The molecule has 2 aromatic carbocycles. The largest absolute Gasteiger partial charge is 0.332 e. The highest BCUT2D eigenvalue weighted by Gasteiger charge is 2.23. The van der Waals surface area contributed by atoms with E-state index in [9.17, 15) is 18.4 Å². The van der Waals surface area contributed by atoms with E-state index in [0.717, 1.165) is 16.0 Å². The molecule has 0 saturated carbocycles. The predicted octanol–water partition coefficient (Wildman–Crippen LogP) is 5.81. The van der Waals surface area contributed by atoms with E-state index >= 15 is 0 Å². The maximum absolute atomic E-state index is 14.0. The lowest BCUT2D eigenvalue weighted by atomic mass is 10.2. The molecule has 0 atom stereocenters. The lowest BCUT2D eigenvalue weighted by Gasteiger charge is -2.28. The molecule has 0 spiro atoms. The smallest absolute Gasteiger partial charge is 0.322 e. The summed E-state index contributed by atoms with van der Waals surface area (Å²) in [6, 6.07) is 13.4. The normalized spacial score (nSPS) is 10.7. The van der Waals surface area contributed by atoms with E-state index in [2.05, 4.69) is 5.32 Å². The molecule has 0 aliphatic heterocycles. The Morgan fingerprint density at radius 1 is 0.970 bits per heavy atom. The summed E-state index contributed by atoms with van der Waals surface area (Å²) in [5.74, 6) is -1.13. The van der Waals surface area contributed by atoms with E-state index < -0.39 is 11.8 Å². The van der Waals surface area contributed by atoms with E-state index in [-0.39, 0.29) is 30.5 Å². The minimum absolute atomic E-state index is 0.0634. The summed E-state index contributed by atoms with van der Waals surface area (Å²) in [5, 5.41) is 4.52. The number of benzene rings is 2. The Hall–Kier alpha value is -3.26. The number of aryl methyl sites for hydroxylation is 1. The molecule has 0 bridgehead atoms. The van der Waals surface area contributed by atoms with Crippen molar-refractivity contribution < 1.29 is 18.4 Å². The zero-order valence-corrected chi connectivity index (χ0v) is 19.5. The summed E-state index contributed by atoms with van der Waals surface area (Å²) in [6.45, 7) is 4.74. The molecule has 0 saturated heterocycles. The molecule has 3 rings (SSSR count). The van der Waals surface area contributed by atoms with Crippen molar-refractivity contribution in [2.24, 2.45) is 0 Å². The summed E-state index contributed by atoms with van der Waals surface area (Å²) in [4.78, 5) is 30.2. The highest BCUT2D eigenvalue weighted by atomic mass is 32.1. The minimum Gasteiger partial charge on any atom is -0.332 e. The van der Waals surface area contributed by atoms with Crippen LogP contribution in [-0.4, -0.2) is 34.8 Å². The van der Waals surface area contributed by atoms with Gasteiger partial charge in [0.05, 0.1) is 12.2 Å². The number of urea groups is 1. The highest BCUT2D eigenvalue weighted by Crippen LogP contribution is 2.20. The van der Waals surface area contributed by atoms with Crippen molar-refractivity contribution in [2.45, 2.75) is 33.4 Å². The number of carbonyl (C=O) groups excluding carboxylic acids is 2. The number of thiophene rings is 1. The summed E-state index contributed by atoms with van der Waals surface area (Å²) in [5.41, 5.74) is 1.94. The molecule has 0 aliphatic carbocycles. The van der Waals surface area contributed by atoms with Gasteiger partial charge in [0.25, 0.3) is 0 Å². The first-order valence-corrected chi connectivity index (χ1v) is 11.6. The number of amides is 3. The van der Waals surface area contributed by atoms with Crippen LogP contribution in [0.25, 0.3) is 0 Å². The Bertz CT molecular complexity index is 1090. The van der Waals surface area contributed by atoms with Crippen LogP contribution in [0.2, 0.25) is 0 Å². The molecule has 0 radical (unpaired) electrons. The number of nitrogens with one attached hydrogen (secondary N) is 1. The summed E-state index contributed by atoms with van der Waals surface area (Å²) < 4.78 is 27.3. The zero-order chi connectivity index (χ0) is 23.8. The topological polar surface area (TPSA) is 52.7 Å². The van der Waals surface area contributed by atoms with Crippen molar-refractivity contribution in [3.05, 3.63) is 87.6 Å². The van der Waals surface area contributed by atoms with Crippen LogP contribution in [-0.2, 0) is 17.9 Å². The monoisotopic (exact) mass is 471 g/mol. The molecule has 1 N–H and O–H groups in total. The lowest BCUT2D eigenvalue weighted by molar-refractivity contribution is -0.133. The van der Waals surface area contributed by atoms with Gasteiger partial charge in [-0.05, 0) is 60.2 Å². The fraction of sp³-hybridized carbons (Fsp3) is 0.280. The van der Waals surface area contributed by atoms with E-state index in [1.54, 1.807) is 34.4 Å². The second-order valence-electron chi connectivity index (χ2n) is 7.73. The third-order valence-corrected chi connectivity index (χ3v) is 6.17. The fourth-order valence-corrected chi connectivity index (χ4v) is 4.25. The Labute approximate surface area is 196 Å². The number of anilines is 1. The van der Waals surface area contributed by atoms with Crippen molar-refractivity contribution in [2.75, 3.05) is 18.4 Å². The van der Waals surface area contributed by atoms with Crippen LogP contribution in [0.3, 0.4) is 0 Å². The molecule has 3 amide bonds. The van der Waals surface area contributed by atoms with Crippen LogP contribution in [0.15, 0.2) is 60.0 Å². The van der Waals surface area contributed by atoms with Crippen LogP contribution in [0.5, 0.6) is 0 Å². The van der Waals surface area contributed by atoms with Crippen LogP contribution in [0, 0.1) is 18.6 Å². The first-order valence-electron chi connectivity index (χ1n) is 10.7. The van der Waals surface area contributed by atoms with E-state index in [4.69, 9.17) is 0 Å². The Kier molecular flexibility index (Phi) is 8.54. The Morgan fingerprint density at radius 3 is 2.33 bits per heavy atom. The van der Waals surface area contributed by atoms with Gasteiger partial charge >= 0.3 is 6.03 Å². The Balaban J connectivity index is 1.77. The molecule has 5 nitrogen and oxygen atoms in total. The maximum Gasteiger partial charge on any atom is 0.322 e. The van der Waals surface area contributed by atoms with Crippen molar-refractivity contribution in [1.29, 1.82) is 0 Å². The van der Waals surface area contributed by atoms with Gasteiger partial charge in [0.2, 0.25) is 5.91 Å². The SMILES string of the molecule is CCCN(CC(=O)N(Cc1ccc(F)cc1)Cc1sccc1C)C(=O)Nc1ccccc1F. The first-order chi connectivity index (χ1) is 15.9. The third-order valence-electron chi connectivity index (χ3n) is 5.16. The number of halogens is 2. The fourth-order valence-electron chi connectivity index (χ4n) is 3.32. The molecule has 8 heteroatoms. The molecule has 0 fully saturated rings. The number of rotatable bonds is 9. The Morgan fingerprint density at radius 2 is 1.70 bits per heavy atom. The van der Waals surface area contributed by atoms with Gasteiger partial charge in [0.15, 0.2) is 0 Å². The van der Waals surface area contributed by atoms with Gasteiger partial charge in [-0.3, -0.25) is 4.79 Å². The quantitative estimate of drug-likeness (QED) is 0.428. The van der Waals surface area contributed by atoms with Gasteiger partial charge in [-0.15, -0.1) is 11.3 Å². The van der Waals surface area contributed by atoms with Crippen molar-refractivity contribution in [3.8, 4) is 0 Å². The van der Waals surface area contributed by atoms with Crippen LogP contribution < -0.4 is 5.32 Å². The second-order valence-corrected chi connectivity index (χ2v) is 8.74. The van der Waals surface area contributed by atoms with Gasteiger partial charge in [0, 0.05) is 18.0 Å². The second kappa shape index (κ2) is 11.6. The lowest BCUT2D eigenvalue weighted by Crippen LogP contribution is -2.44. The van der Waals surface area contributed by atoms with Crippen LogP contribution >= 0.6 is 11.3 Å². The standard InChI is InChI=1S/C25H27F2N3O2S/c1-3-13-29(25(32)28-22-7-5-4-6-21(22)27)17-24(31)30(16-23-18(2)12-14-33-23)15-19-8-10-20(26)11-9-19/h4-12,14H,3,13,15-17H2,1-2H3,(H,28,32). The van der Waals surface area contributed by atoms with Gasteiger partial charge in [-0.2, -0.15) is 0 Å². The molecular formula is C25H27F2N3O2S. The third kappa shape index (κ3) is 6.86. The molecule has 0 aliphatic rings. The van der Waals surface area contributed by atoms with E-state index in [0.29, 0.717) is 19.5 Å². The van der Waals surface area contributed by atoms with Gasteiger partial charge in [0.1, 0.15) is 18.2 Å². The summed E-state index contributed by atoms with van der Waals surface area (Å²) >= 11 is 1.56. The minimum atomic E-state index is -0.542. The zero-order valence-electron chi connectivity index (χ0n) is 18.7. The number of carbonyl (C=O) groups is 2. The van der Waals surface area contributed by atoms with E-state index in [1.165, 1.54) is 35.2 Å². The van der Waals surface area contributed by atoms with Crippen molar-refractivity contribution in [1.82, 2.24) is 9.80 Å². The highest BCUT2D eigenvalue weighted by molar-refractivity contribution is 7.10. The average molecular weight is 472 g/mol. The molecule has 1 aromatic heterocycles. The first kappa shape index (κ1) is 24.4. The maximum atomic E-state index is 14.0. The number of hydrogen-bond donors (Lipinski definition) is 1. The molecule has 1 heterocycles. The predicted molar refractivity (Wildman–Crippen MR) is 127 cm³/mol. The van der Waals surface area contributed by atoms with Gasteiger partial charge in [-0.1, -0.05) is 31.2 Å². The van der Waals surface area contributed by atoms with Crippen LogP contribution in [0.4, 0.5) is 19.3 Å². The van der Waals surface area contributed by atoms with Crippen molar-refractivity contribution >= 4 is 29.0 Å². The van der Waals surface area contributed by atoms with Crippen LogP contribution in [0.1, 0.15) is 29.3 Å². The van der Waals surface area contributed by atoms with Gasteiger partial charge in [-0.25, -0.2) is 13.6 Å². The van der Waals surface area contributed by atoms with Crippen molar-refractivity contribution in [3.63, 3.8) is 0 Å². The number of hydrogen-bond acceptors (Lipinski definition) is 3.